The molecule has 1 heterocycles. The highest BCUT2D eigenvalue weighted by molar-refractivity contribution is 5.85. The van der Waals surface area contributed by atoms with Crippen LogP contribution in [0, 0.1) is 6.92 Å². The highest BCUT2D eigenvalue weighted by Crippen LogP contribution is 2.30. The van der Waals surface area contributed by atoms with E-state index in [4.69, 9.17) is 10.2 Å². The quantitative estimate of drug-likeness (QED) is 0.633. The molecule has 2 heteroatoms. The molecule has 1 aromatic heterocycles. The first-order valence-electron chi connectivity index (χ1n) is 5.59. The van der Waals surface area contributed by atoms with E-state index in [0.717, 1.165) is 33.5 Å². The topological polar surface area (TPSA) is 39.2 Å². The molecule has 0 amide bonds. The minimum atomic E-state index is 0.750. The molecular formula is C15H13NO. The summed E-state index contributed by atoms with van der Waals surface area (Å²) in [6.45, 7) is 2.05. The molecule has 0 unspecified atom stereocenters. The molecule has 0 saturated heterocycles. The molecule has 2 N–H and O–H groups in total. The smallest absolute Gasteiger partial charge is 0.137 e. The average Bonchev–Trinajstić information content (AvgIpc) is 2.74. The summed E-state index contributed by atoms with van der Waals surface area (Å²) >= 11 is 0. The lowest BCUT2D eigenvalue weighted by atomic mass is 10.1. The summed E-state index contributed by atoms with van der Waals surface area (Å²) < 4.78 is 5.88. The molecule has 0 saturated carbocycles. The van der Waals surface area contributed by atoms with Crippen molar-refractivity contribution < 1.29 is 4.42 Å². The number of para-hydroxylation sites is 1. The molecule has 0 atom stereocenters. The van der Waals surface area contributed by atoms with Crippen LogP contribution in [0.1, 0.15) is 5.56 Å². The molecule has 84 valence electrons. The molecule has 3 aromatic rings. The van der Waals surface area contributed by atoms with Crippen molar-refractivity contribution in [1.82, 2.24) is 0 Å². The fourth-order valence-electron chi connectivity index (χ4n) is 2.04. The van der Waals surface area contributed by atoms with Crippen molar-refractivity contribution >= 4 is 16.7 Å². The fraction of sp³-hybridized carbons (Fsp3) is 0.0667. The summed E-state index contributed by atoms with van der Waals surface area (Å²) in [6.07, 6.45) is 0. The van der Waals surface area contributed by atoms with Gasteiger partial charge in [-0.2, -0.15) is 0 Å². The molecule has 2 aromatic carbocycles. The Labute approximate surface area is 99.7 Å². The van der Waals surface area contributed by atoms with Crippen LogP contribution in [-0.2, 0) is 0 Å². The van der Waals surface area contributed by atoms with Crippen molar-refractivity contribution in [2.75, 3.05) is 5.73 Å². The van der Waals surface area contributed by atoms with Gasteiger partial charge in [0.05, 0.1) is 0 Å². The third-order valence-corrected chi connectivity index (χ3v) is 2.91. The zero-order valence-electron chi connectivity index (χ0n) is 9.60. The Morgan fingerprint density at radius 1 is 1.00 bits per heavy atom. The third-order valence-electron chi connectivity index (χ3n) is 2.91. The fourth-order valence-corrected chi connectivity index (χ4v) is 2.04. The Balaban J connectivity index is 2.22. The van der Waals surface area contributed by atoms with Gasteiger partial charge < -0.3 is 10.2 Å². The van der Waals surface area contributed by atoms with Gasteiger partial charge in [0, 0.05) is 16.6 Å². The minimum absolute atomic E-state index is 0.750. The zero-order valence-corrected chi connectivity index (χ0v) is 9.60. The lowest BCUT2D eigenvalue weighted by Crippen LogP contribution is -1.83. The van der Waals surface area contributed by atoms with Crippen LogP contribution in [0.25, 0.3) is 22.3 Å². The second-order valence-corrected chi connectivity index (χ2v) is 4.23. The minimum Gasteiger partial charge on any atom is -0.456 e. The van der Waals surface area contributed by atoms with E-state index in [2.05, 4.69) is 25.1 Å². The number of hydrogen-bond acceptors (Lipinski definition) is 2. The maximum absolute atomic E-state index is 5.88. The van der Waals surface area contributed by atoms with Crippen molar-refractivity contribution in [3.05, 3.63) is 54.1 Å². The lowest BCUT2D eigenvalue weighted by Gasteiger charge is -1.97. The highest BCUT2D eigenvalue weighted by Gasteiger charge is 2.07. The number of aryl methyl sites for hydroxylation is 1. The van der Waals surface area contributed by atoms with Gasteiger partial charge in [-0.3, -0.25) is 0 Å². The predicted octanol–water partition coefficient (Wildman–Crippen LogP) is 3.99. The van der Waals surface area contributed by atoms with Crippen LogP contribution in [-0.4, -0.2) is 0 Å². The number of nitrogen functional groups attached to an aromatic ring is 1. The second kappa shape index (κ2) is 3.67. The normalized spacial score (nSPS) is 10.9. The van der Waals surface area contributed by atoms with Gasteiger partial charge in [-0.25, -0.2) is 0 Å². The van der Waals surface area contributed by atoms with E-state index in [0.29, 0.717) is 0 Å². The van der Waals surface area contributed by atoms with Gasteiger partial charge in [-0.1, -0.05) is 30.3 Å². The number of anilines is 1. The molecule has 0 spiro atoms. The van der Waals surface area contributed by atoms with E-state index in [1.807, 2.05) is 30.3 Å². The SMILES string of the molecule is Cc1cccc2cc(-c3cccc(N)c3)oc12. The van der Waals surface area contributed by atoms with Crippen LogP contribution in [0.5, 0.6) is 0 Å². The Morgan fingerprint density at radius 3 is 2.59 bits per heavy atom. The highest BCUT2D eigenvalue weighted by atomic mass is 16.3. The van der Waals surface area contributed by atoms with Gasteiger partial charge in [-0.05, 0) is 30.7 Å². The monoisotopic (exact) mass is 223 g/mol. The van der Waals surface area contributed by atoms with E-state index in [9.17, 15) is 0 Å². The molecular weight excluding hydrogens is 210 g/mol. The lowest BCUT2D eigenvalue weighted by molar-refractivity contribution is 0.629. The third kappa shape index (κ3) is 1.68. The van der Waals surface area contributed by atoms with Crippen LogP contribution in [0.15, 0.2) is 52.9 Å². The number of nitrogens with two attached hydrogens (primary N) is 1. The zero-order chi connectivity index (χ0) is 11.8. The molecule has 0 radical (unpaired) electrons. The van der Waals surface area contributed by atoms with Crippen molar-refractivity contribution in [3.63, 3.8) is 0 Å². The summed E-state index contributed by atoms with van der Waals surface area (Å²) in [6, 6.07) is 15.9. The first kappa shape index (κ1) is 9.97. The van der Waals surface area contributed by atoms with Crippen molar-refractivity contribution in [3.8, 4) is 11.3 Å². The largest absolute Gasteiger partial charge is 0.456 e. The van der Waals surface area contributed by atoms with E-state index in [1.54, 1.807) is 0 Å². The maximum Gasteiger partial charge on any atom is 0.137 e. The summed E-state index contributed by atoms with van der Waals surface area (Å²) in [5.41, 5.74) is 9.64. The Bertz CT molecular complexity index is 682. The van der Waals surface area contributed by atoms with Gasteiger partial charge in [0.25, 0.3) is 0 Å². The Morgan fingerprint density at radius 2 is 1.82 bits per heavy atom. The summed E-state index contributed by atoms with van der Waals surface area (Å²) in [5, 5.41) is 1.13. The number of furan rings is 1. The summed E-state index contributed by atoms with van der Waals surface area (Å²) in [4.78, 5) is 0. The first-order chi connectivity index (χ1) is 8.24. The van der Waals surface area contributed by atoms with E-state index < -0.39 is 0 Å². The standard InChI is InChI=1S/C15H13NO/c1-10-4-2-6-12-9-14(17-15(10)12)11-5-3-7-13(16)8-11/h2-9H,16H2,1H3. The van der Waals surface area contributed by atoms with Crippen molar-refractivity contribution in [2.45, 2.75) is 6.92 Å². The van der Waals surface area contributed by atoms with E-state index >= 15 is 0 Å². The molecule has 17 heavy (non-hydrogen) atoms. The van der Waals surface area contributed by atoms with Crippen molar-refractivity contribution in [2.24, 2.45) is 0 Å². The van der Waals surface area contributed by atoms with Gasteiger partial charge >= 0.3 is 0 Å². The summed E-state index contributed by atoms with van der Waals surface area (Å²) in [7, 11) is 0. The van der Waals surface area contributed by atoms with Gasteiger partial charge in [-0.15, -0.1) is 0 Å². The van der Waals surface area contributed by atoms with Crippen LogP contribution in [0.3, 0.4) is 0 Å². The number of fused-ring (bicyclic) bond motifs is 1. The van der Waals surface area contributed by atoms with E-state index in [-0.39, 0.29) is 0 Å². The van der Waals surface area contributed by atoms with Crippen LogP contribution < -0.4 is 5.73 Å². The number of rotatable bonds is 1. The molecule has 0 fully saturated rings. The van der Waals surface area contributed by atoms with Gasteiger partial charge in [0.15, 0.2) is 0 Å². The van der Waals surface area contributed by atoms with Crippen LogP contribution >= 0.6 is 0 Å². The van der Waals surface area contributed by atoms with E-state index in [1.165, 1.54) is 0 Å². The molecule has 2 nitrogen and oxygen atoms in total. The van der Waals surface area contributed by atoms with Crippen LogP contribution in [0.2, 0.25) is 0 Å². The van der Waals surface area contributed by atoms with Crippen LogP contribution in [0.4, 0.5) is 5.69 Å². The maximum atomic E-state index is 5.88. The van der Waals surface area contributed by atoms with Gasteiger partial charge in [0.1, 0.15) is 11.3 Å². The molecule has 0 aliphatic rings. The number of hydrogen-bond donors (Lipinski definition) is 1. The second-order valence-electron chi connectivity index (χ2n) is 4.23. The predicted molar refractivity (Wildman–Crippen MR) is 70.8 cm³/mol. The Kier molecular flexibility index (Phi) is 2.15. The molecule has 0 aliphatic heterocycles. The Hall–Kier alpha value is -2.22. The first-order valence-corrected chi connectivity index (χ1v) is 5.59. The number of benzene rings is 2. The molecule has 3 rings (SSSR count). The van der Waals surface area contributed by atoms with Crippen molar-refractivity contribution in [1.29, 1.82) is 0 Å². The molecule has 0 aliphatic carbocycles. The van der Waals surface area contributed by atoms with Gasteiger partial charge in [0.2, 0.25) is 0 Å². The average molecular weight is 223 g/mol. The molecule has 0 bridgehead atoms. The summed E-state index contributed by atoms with van der Waals surface area (Å²) in [5.74, 6) is 0.863.